The van der Waals surface area contributed by atoms with Gasteiger partial charge < -0.3 is 0 Å². The van der Waals surface area contributed by atoms with Crippen LogP contribution in [0.3, 0.4) is 0 Å². The van der Waals surface area contributed by atoms with Crippen LogP contribution in [0.4, 0.5) is 13.2 Å². The molecule has 5 heteroatoms. The minimum atomic E-state index is -4.25. The summed E-state index contributed by atoms with van der Waals surface area (Å²) in [6.07, 6.45) is -2.68. The zero-order chi connectivity index (χ0) is 13.7. The van der Waals surface area contributed by atoms with Crippen LogP contribution in [0.2, 0.25) is 0 Å². The van der Waals surface area contributed by atoms with E-state index in [2.05, 4.69) is 10.3 Å². The van der Waals surface area contributed by atoms with Gasteiger partial charge in [0, 0.05) is 6.20 Å². The molecule has 2 nitrogen and oxygen atoms in total. The predicted molar refractivity (Wildman–Crippen MR) is 66.6 cm³/mol. The summed E-state index contributed by atoms with van der Waals surface area (Å²) in [6, 6.07) is 13.6. The van der Waals surface area contributed by atoms with Gasteiger partial charge in [0.1, 0.15) is 0 Å². The van der Waals surface area contributed by atoms with Crippen molar-refractivity contribution >= 4 is 0 Å². The molecular weight excluding hydrogens is 253 g/mol. The maximum Gasteiger partial charge on any atom is 0.401 e. The van der Waals surface area contributed by atoms with E-state index in [-0.39, 0.29) is 0 Å². The van der Waals surface area contributed by atoms with Gasteiger partial charge in [-0.15, -0.1) is 0 Å². The third kappa shape index (κ3) is 4.06. The fraction of sp³-hybridized carbons (Fsp3) is 0.214. The number of hydrogen-bond donors (Lipinski definition) is 1. The Kier molecular flexibility index (Phi) is 4.16. The molecule has 0 radical (unpaired) electrons. The molecule has 0 saturated heterocycles. The van der Waals surface area contributed by atoms with Crippen LogP contribution in [-0.4, -0.2) is 17.7 Å². The first-order chi connectivity index (χ1) is 9.06. The van der Waals surface area contributed by atoms with Crippen molar-refractivity contribution in [3.05, 3.63) is 66.0 Å². The maximum absolute atomic E-state index is 12.4. The number of nitrogens with one attached hydrogen (secondary N) is 1. The second-order valence-corrected chi connectivity index (χ2v) is 4.09. The van der Waals surface area contributed by atoms with E-state index in [1.54, 1.807) is 48.7 Å². The smallest absolute Gasteiger partial charge is 0.297 e. The number of pyridine rings is 1. The summed E-state index contributed by atoms with van der Waals surface area (Å²) in [7, 11) is 0. The van der Waals surface area contributed by atoms with E-state index in [1.807, 2.05) is 6.07 Å². The van der Waals surface area contributed by atoms with Gasteiger partial charge in [0.25, 0.3) is 0 Å². The summed E-state index contributed by atoms with van der Waals surface area (Å²) in [4.78, 5) is 4.13. The Balaban J connectivity index is 2.24. The van der Waals surface area contributed by atoms with Crippen LogP contribution in [0, 0.1) is 0 Å². The van der Waals surface area contributed by atoms with Crippen molar-refractivity contribution in [1.82, 2.24) is 10.3 Å². The number of aromatic nitrogens is 1. The second-order valence-electron chi connectivity index (χ2n) is 4.09. The second kappa shape index (κ2) is 5.84. The monoisotopic (exact) mass is 266 g/mol. The molecule has 2 rings (SSSR count). The zero-order valence-corrected chi connectivity index (χ0v) is 10.1. The molecule has 0 aliphatic rings. The summed E-state index contributed by atoms with van der Waals surface area (Å²) >= 11 is 0. The third-order valence-electron chi connectivity index (χ3n) is 2.62. The fourth-order valence-electron chi connectivity index (χ4n) is 1.80. The molecule has 0 aliphatic heterocycles. The van der Waals surface area contributed by atoms with E-state index in [4.69, 9.17) is 0 Å². The van der Waals surface area contributed by atoms with Crippen LogP contribution in [0.15, 0.2) is 54.7 Å². The third-order valence-corrected chi connectivity index (χ3v) is 2.62. The van der Waals surface area contributed by atoms with E-state index < -0.39 is 18.8 Å². The van der Waals surface area contributed by atoms with Gasteiger partial charge in [-0.1, -0.05) is 36.4 Å². The molecule has 1 N–H and O–H groups in total. The standard InChI is InChI=1S/C14H13F3N2/c15-14(16,17)10-19-13(11-6-2-1-3-7-11)12-8-4-5-9-18-12/h1-9,13,19H,10H2. The molecule has 1 aromatic carbocycles. The molecule has 0 amide bonds. The van der Waals surface area contributed by atoms with Crippen molar-refractivity contribution in [3.8, 4) is 0 Å². The number of benzene rings is 1. The Morgan fingerprint density at radius 2 is 1.68 bits per heavy atom. The number of hydrogen-bond acceptors (Lipinski definition) is 2. The maximum atomic E-state index is 12.4. The largest absolute Gasteiger partial charge is 0.401 e. The van der Waals surface area contributed by atoms with E-state index in [1.165, 1.54) is 0 Å². The minimum Gasteiger partial charge on any atom is -0.297 e. The summed E-state index contributed by atoms with van der Waals surface area (Å²) in [5, 5.41) is 2.50. The van der Waals surface area contributed by atoms with Gasteiger partial charge in [-0.25, -0.2) is 0 Å². The molecule has 0 saturated carbocycles. The van der Waals surface area contributed by atoms with Crippen LogP contribution in [0.1, 0.15) is 17.3 Å². The fourth-order valence-corrected chi connectivity index (χ4v) is 1.80. The number of rotatable bonds is 4. The average molecular weight is 266 g/mol. The van der Waals surface area contributed by atoms with Crippen molar-refractivity contribution in [1.29, 1.82) is 0 Å². The lowest BCUT2D eigenvalue weighted by molar-refractivity contribution is -0.125. The summed E-state index contributed by atoms with van der Waals surface area (Å²) in [6.45, 7) is -1.05. The van der Waals surface area contributed by atoms with Gasteiger partial charge in [0.2, 0.25) is 0 Å². The Labute approximate surface area is 109 Å². The van der Waals surface area contributed by atoms with Crippen molar-refractivity contribution in [2.24, 2.45) is 0 Å². The minimum absolute atomic E-state index is 0.566. The highest BCUT2D eigenvalue weighted by atomic mass is 19.4. The van der Waals surface area contributed by atoms with Gasteiger partial charge in [0.05, 0.1) is 18.3 Å². The highest BCUT2D eigenvalue weighted by Crippen LogP contribution is 2.22. The van der Waals surface area contributed by atoms with E-state index >= 15 is 0 Å². The number of alkyl halides is 3. The molecule has 0 aliphatic carbocycles. The summed E-state index contributed by atoms with van der Waals surface area (Å²) < 4.78 is 37.1. The molecule has 2 aromatic rings. The summed E-state index contributed by atoms with van der Waals surface area (Å²) in [5.74, 6) is 0. The lowest BCUT2D eigenvalue weighted by Crippen LogP contribution is -2.33. The first-order valence-corrected chi connectivity index (χ1v) is 5.82. The van der Waals surface area contributed by atoms with Crippen molar-refractivity contribution in [2.45, 2.75) is 12.2 Å². The Morgan fingerprint density at radius 3 is 2.26 bits per heavy atom. The zero-order valence-electron chi connectivity index (χ0n) is 10.1. The van der Waals surface area contributed by atoms with Crippen LogP contribution < -0.4 is 5.32 Å². The Hall–Kier alpha value is -1.88. The van der Waals surface area contributed by atoms with Crippen molar-refractivity contribution in [2.75, 3.05) is 6.54 Å². The highest BCUT2D eigenvalue weighted by Gasteiger charge is 2.29. The Bertz CT molecular complexity index is 458. The molecular formula is C14H13F3N2. The molecule has 100 valence electrons. The van der Waals surface area contributed by atoms with Gasteiger partial charge in [-0.2, -0.15) is 13.2 Å². The number of halogens is 3. The van der Waals surface area contributed by atoms with Gasteiger partial charge in [-0.3, -0.25) is 10.3 Å². The first-order valence-electron chi connectivity index (χ1n) is 5.82. The molecule has 1 heterocycles. The van der Waals surface area contributed by atoms with E-state index in [9.17, 15) is 13.2 Å². The first kappa shape index (κ1) is 13.5. The molecule has 0 spiro atoms. The molecule has 1 aromatic heterocycles. The molecule has 1 unspecified atom stereocenters. The van der Waals surface area contributed by atoms with Crippen LogP contribution in [-0.2, 0) is 0 Å². The van der Waals surface area contributed by atoms with Crippen LogP contribution in [0.5, 0.6) is 0 Å². The SMILES string of the molecule is FC(F)(F)CNC(c1ccccc1)c1ccccn1. The Morgan fingerprint density at radius 1 is 1.00 bits per heavy atom. The summed E-state index contributed by atoms with van der Waals surface area (Å²) in [5.41, 5.74) is 1.32. The van der Waals surface area contributed by atoms with Crippen molar-refractivity contribution in [3.63, 3.8) is 0 Å². The number of nitrogens with zero attached hydrogens (tertiary/aromatic N) is 1. The molecule has 0 fully saturated rings. The lowest BCUT2D eigenvalue weighted by atomic mass is 10.0. The van der Waals surface area contributed by atoms with E-state index in [0.717, 1.165) is 5.56 Å². The average Bonchev–Trinajstić information content (AvgIpc) is 2.40. The molecule has 19 heavy (non-hydrogen) atoms. The normalized spacial score (nSPS) is 13.2. The predicted octanol–water partition coefficient (Wildman–Crippen LogP) is 3.32. The lowest BCUT2D eigenvalue weighted by Gasteiger charge is -2.19. The molecule has 1 atom stereocenters. The topological polar surface area (TPSA) is 24.9 Å². The quantitative estimate of drug-likeness (QED) is 0.918. The van der Waals surface area contributed by atoms with Gasteiger partial charge in [0.15, 0.2) is 0 Å². The van der Waals surface area contributed by atoms with E-state index in [0.29, 0.717) is 5.69 Å². The molecule has 0 bridgehead atoms. The van der Waals surface area contributed by atoms with Crippen LogP contribution >= 0.6 is 0 Å². The van der Waals surface area contributed by atoms with Crippen molar-refractivity contribution < 1.29 is 13.2 Å². The van der Waals surface area contributed by atoms with Crippen LogP contribution in [0.25, 0.3) is 0 Å². The van der Waals surface area contributed by atoms with Gasteiger partial charge in [-0.05, 0) is 17.7 Å². The van der Waals surface area contributed by atoms with Gasteiger partial charge >= 0.3 is 6.18 Å². The highest BCUT2D eigenvalue weighted by molar-refractivity contribution is 5.27.